The van der Waals surface area contributed by atoms with Crippen molar-refractivity contribution in [3.63, 3.8) is 0 Å². The molecule has 1 amide bonds. The van der Waals surface area contributed by atoms with Crippen LogP contribution < -0.4 is 15.4 Å². The van der Waals surface area contributed by atoms with Gasteiger partial charge in [0.05, 0.1) is 13.1 Å². The molecule has 2 rings (SSSR count). The molecule has 0 aliphatic carbocycles. The van der Waals surface area contributed by atoms with Crippen LogP contribution in [0.3, 0.4) is 0 Å². The zero-order valence-electron chi connectivity index (χ0n) is 11.4. The SMILES string of the molecule is O=C(CN1CCNCC1)NCCOc1cccc(Cl)c1. The molecule has 110 valence electrons. The molecule has 0 atom stereocenters. The van der Waals surface area contributed by atoms with Gasteiger partial charge in [0, 0.05) is 31.2 Å². The third-order valence-corrected chi connectivity index (χ3v) is 3.30. The van der Waals surface area contributed by atoms with Gasteiger partial charge in [0.15, 0.2) is 0 Å². The number of rotatable bonds is 6. The van der Waals surface area contributed by atoms with Crippen molar-refractivity contribution in [3.05, 3.63) is 29.3 Å². The molecule has 0 spiro atoms. The average molecular weight is 298 g/mol. The minimum Gasteiger partial charge on any atom is -0.492 e. The Bertz CT molecular complexity index is 436. The van der Waals surface area contributed by atoms with Crippen LogP contribution in [0.1, 0.15) is 0 Å². The summed E-state index contributed by atoms with van der Waals surface area (Å²) < 4.78 is 5.50. The highest BCUT2D eigenvalue weighted by Crippen LogP contribution is 2.16. The van der Waals surface area contributed by atoms with Crippen molar-refractivity contribution < 1.29 is 9.53 Å². The molecule has 1 aromatic carbocycles. The molecule has 2 N–H and O–H groups in total. The second kappa shape index (κ2) is 8.09. The van der Waals surface area contributed by atoms with Gasteiger partial charge in [-0.3, -0.25) is 9.69 Å². The summed E-state index contributed by atoms with van der Waals surface area (Å²) in [7, 11) is 0. The molecule has 5 nitrogen and oxygen atoms in total. The van der Waals surface area contributed by atoms with Gasteiger partial charge in [0.2, 0.25) is 5.91 Å². The van der Waals surface area contributed by atoms with E-state index >= 15 is 0 Å². The fourth-order valence-corrected chi connectivity index (χ4v) is 2.22. The van der Waals surface area contributed by atoms with Crippen LogP contribution >= 0.6 is 11.6 Å². The Hall–Kier alpha value is -1.30. The number of hydrogen-bond donors (Lipinski definition) is 2. The highest BCUT2D eigenvalue weighted by atomic mass is 35.5. The van der Waals surface area contributed by atoms with Crippen LogP contribution in [0.15, 0.2) is 24.3 Å². The molecule has 6 heteroatoms. The number of hydrogen-bond acceptors (Lipinski definition) is 4. The predicted molar refractivity (Wildman–Crippen MR) is 79.3 cm³/mol. The van der Waals surface area contributed by atoms with Crippen molar-refractivity contribution in [1.29, 1.82) is 0 Å². The summed E-state index contributed by atoms with van der Waals surface area (Å²) in [4.78, 5) is 13.9. The molecule has 1 fully saturated rings. The first kappa shape index (κ1) is 15.1. The van der Waals surface area contributed by atoms with Gasteiger partial charge in [-0.25, -0.2) is 0 Å². The third-order valence-electron chi connectivity index (χ3n) is 3.07. The normalized spacial score (nSPS) is 15.8. The summed E-state index contributed by atoms with van der Waals surface area (Å²) in [6, 6.07) is 7.23. The fourth-order valence-electron chi connectivity index (χ4n) is 2.04. The van der Waals surface area contributed by atoms with Gasteiger partial charge in [-0.05, 0) is 18.2 Å². The number of nitrogens with zero attached hydrogens (tertiary/aromatic N) is 1. The first-order chi connectivity index (χ1) is 9.74. The van der Waals surface area contributed by atoms with Crippen LogP contribution in [0.2, 0.25) is 5.02 Å². The second-order valence-corrected chi connectivity index (χ2v) is 5.12. The van der Waals surface area contributed by atoms with Gasteiger partial charge in [-0.1, -0.05) is 17.7 Å². The lowest BCUT2D eigenvalue weighted by molar-refractivity contribution is -0.122. The van der Waals surface area contributed by atoms with Crippen LogP contribution in [0.4, 0.5) is 0 Å². The summed E-state index contributed by atoms with van der Waals surface area (Å²) in [5.74, 6) is 0.760. The Morgan fingerprint density at radius 2 is 2.20 bits per heavy atom. The highest BCUT2D eigenvalue weighted by Gasteiger charge is 2.12. The predicted octanol–water partition coefficient (Wildman–Crippen LogP) is 0.740. The maximum absolute atomic E-state index is 11.7. The minimum absolute atomic E-state index is 0.0431. The molecule has 1 heterocycles. The molecular weight excluding hydrogens is 278 g/mol. The largest absolute Gasteiger partial charge is 0.492 e. The molecule has 0 aromatic heterocycles. The Labute approximate surface area is 124 Å². The second-order valence-electron chi connectivity index (χ2n) is 4.68. The number of halogens is 1. The van der Waals surface area contributed by atoms with Crippen molar-refractivity contribution in [2.75, 3.05) is 45.9 Å². The summed E-state index contributed by atoms with van der Waals surface area (Å²) in [6.45, 7) is 5.14. The van der Waals surface area contributed by atoms with Crippen LogP contribution in [-0.2, 0) is 4.79 Å². The van der Waals surface area contributed by atoms with Crippen molar-refractivity contribution >= 4 is 17.5 Å². The smallest absolute Gasteiger partial charge is 0.234 e. The monoisotopic (exact) mass is 297 g/mol. The van der Waals surface area contributed by atoms with Gasteiger partial charge in [-0.2, -0.15) is 0 Å². The Morgan fingerprint density at radius 1 is 1.40 bits per heavy atom. The Morgan fingerprint density at radius 3 is 2.95 bits per heavy atom. The van der Waals surface area contributed by atoms with Crippen LogP contribution in [0, 0.1) is 0 Å². The van der Waals surface area contributed by atoms with E-state index in [1.165, 1.54) is 0 Å². The van der Waals surface area contributed by atoms with E-state index in [1.54, 1.807) is 12.1 Å². The van der Waals surface area contributed by atoms with Crippen molar-refractivity contribution in [3.8, 4) is 5.75 Å². The molecule has 0 bridgehead atoms. The summed E-state index contributed by atoms with van der Waals surface area (Å²) in [5.41, 5.74) is 0. The quantitative estimate of drug-likeness (QED) is 0.761. The number of carbonyl (C=O) groups is 1. The molecular formula is C14H20ClN3O2. The van der Waals surface area contributed by atoms with E-state index in [0.717, 1.165) is 26.2 Å². The first-order valence-electron chi connectivity index (χ1n) is 6.82. The molecule has 1 aliphatic heterocycles. The van der Waals surface area contributed by atoms with E-state index in [-0.39, 0.29) is 5.91 Å². The average Bonchev–Trinajstić information content (AvgIpc) is 2.45. The van der Waals surface area contributed by atoms with E-state index < -0.39 is 0 Å². The molecule has 0 saturated carbocycles. The molecule has 20 heavy (non-hydrogen) atoms. The summed E-state index contributed by atoms with van der Waals surface area (Å²) in [5, 5.41) is 6.76. The maximum Gasteiger partial charge on any atom is 0.234 e. The van der Waals surface area contributed by atoms with Crippen molar-refractivity contribution in [2.45, 2.75) is 0 Å². The maximum atomic E-state index is 11.7. The zero-order chi connectivity index (χ0) is 14.2. The van der Waals surface area contributed by atoms with E-state index in [1.807, 2.05) is 12.1 Å². The molecule has 1 aromatic rings. The first-order valence-corrected chi connectivity index (χ1v) is 7.20. The van der Waals surface area contributed by atoms with Gasteiger partial charge in [0.25, 0.3) is 0 Å². The van der Waals surface area contributed by atoms with E-state index in [0.29, 0.717) is 30.5 Å². The van der Waals surface area contributed by atoms with Crippen LogP contribution in [-0.4, -0.2) is 56.7 Å². The molecule has 0 unspecified atom stereocenters. The van der Waals surface area contributed by atoms with Gasteiger partial charge < -0.3 is 15.4 Å². The number of carbonyl (C=O) groups excluding carboxylic acids is 1. The third kappa shape index (κ3) is 5.36. The topological polar surface area (TPSA) is 53.6 Å². The zero-order valence-corrected chi connectivity index (χ0v) is 12.2. The van der Waals surface area contributed by atoms with Crippen LogP contribution in [0.5, 0.6) is 5.75 Å². The van der Waals surface area contributed by atoms with Gasteiger partial charge in [-0.15, -0.1) is 0 Å². The standard InChI is InChI=1S/C14H20ClN3O2/c15-12-2-1-3-13(10-12)20-9-6-17-14(19)11-18-7-4-16-5-8-18/h1-3,10,16H,4-9,11H2,(H,17,19). The summed E-state index contributed by atoms with van der Waals surface area (Å²) in [6.07, 6.45) is 0. The van der Waals surface area contributed by atoms with E-state index in [2.05, 4.69) is 15.5 Å². The number of nitrogens with one attached hydrogen (secondary N) is 2. The number of amides is 1. The molecule has 1 aliphatic rings. The molecule has 0 radical (unpaired) electrons. The lowest BCUT2D eigenvalue weighted by atomic mass is 10.3. The number of benzene rings is 1. The van der Waals surface area contributed by atoms with Crippen molar-refractivity contribution in [2.24, 2.45) is 0 Å². The van der Waals surface area contributed by atoms with E-state index in [4.69, 9.17) is 16.3 Å². The highest BCUT2D eigenvalue weighted by molar-refractivity contribution is 6.30. The van der Waals surface area contributed by atoms with Crippen LogP contribution in [0.25, 0.3) is 0 Å². The fraction of sp³-hybridized carbons (Fsp3) is 0.500. The lowest BCUT2D eigenvalue weighted by Crippen LogP contribution is -2.47. The van der Waals surface area contributed by atoms with E-state index in [9.17, 15) is 4.79 Å². The number of piperazine rings is 1. The van der Waals surface area contributed by atoms with Gasteiger partial charge in [0.1, 0.15) is 12.4 Å². The van der Waals surface area contributed by atoms with Gasteiger partial charge >= 0.3 is 0 Å². The lowest BCUT2D eigenvalue weighted by Gasteiger charge is -2.26. The van der Waals surface area contributed by atoms with Crippen molar-refractivity contribution in [1.82, 2.24) is 15.5 Å². The number of ether oxygens (including phenoxy) is 1. The minimum atomic E-state index is 0.0431. The summed E-state index contributed by atoms with van der Waals surface area (Å²) >= 11 is 5.86. The Balaban J connectivity index is 1.59. The molecule has 1 saturated heterocycles. The Kier molecular flexibility index (Phi) is 6.11.